The van der Waals surface area contributed by atoms with Crippen molar-refractivity contribution in [2.24, 2.45) is 5.92 Å². The van der Waals surface area contributed by atoms with Crippen molar-refractivity contribution < 1.29 is 27.4 Å². The van der Waals surface area contributed by atoms with Crippen molar-refractivity contribution in [3.8, 4) is 11.5 Å². The average Bonchev–Trinajstić information content (AvgIpc) is 2.76. The van der Waals surface area contributed by atoms with Crippen LogP contribution in [0.4, 0.5) is 19.0 Å². The number of piperidine rings is 1. The van der Waals surface area contributed by atoms with E-state index in [0.717, 1.165) is 6.07 Å². The highest BCUT2D eigenvalue weighted by molar-refractivity contribution is 5.79. The molecule has 1 fully saturated rings. The first-order valence-corrected chi connectivity index (χ1v) is 9.99. The van der Waals surface area contributed by atoms with Crippen LogP contribution in [0, 0.1) is 12.8 Å². The van der Waals surface area contributed by atoms with Crippen molar-refractivity contribution >= 4 is 11.7 Å². The van der Waals surface area contributed by atoms with E-state index in [9.17, 15) is 18.0 Å². The second-order valence-corrected chi connectivity index (χ2v) is 7.21. The van der Waals surface area contributed by atoms with E-state index >= 15 is 0 Å². The summed E-state index contributed by atoms with van der Waals surface area (Å²) in [5, 5.41) is 2.86. The van der Waals surface area contributed by atoms with E-state index < -0.39 is 11.9 Å². The zero-order valence-electron chi connectivity index (χ0n) is 17.4. The first kappa shape index (κ1) is 22.6. The van der Waals surface area contributed by atoms with Crippen LogP contribution in [0.3, 0.4) is 0 Å². The quantitative estimate of drug-likeness (QED) is 0.669. The molecule has 0 unspecified atom stereocenters. The number of methoxy groups -OCH3 is 1. The topological polar surface area (TPSA) is 76.6 Å². The summed E-state index contributed by atoms with van der Waals surface area (Å²) < 4.78 is 49.9. The molecule has 1 amide bonds. The van der Waals surface area contributed by atoms with Gasteiger partial charge in [-0.05, 0) is 31.9 Å². The van der Waals surface area contributed by atoms with Gasteiger partial charge in [-0.3, -0.25) is 4.79 Å². The predicted molar refractivity (Wildman–Crippen MR) is 108 cm³/mol. The zero-order chi connectivity index (χ0) is 22.4. The Balaban J connectivity index is 1.46. The van der Waals surface area contributed by atoms with Crippen LogP contribution in [-0.4, -0.2) is 49.2 Å². The van der Waals surface area contributed by atoms with Crippen molar-refractivity contribution in [1.29, 1.82) is 0 Å². The Hall–Kier alpha value is -3.04. The molecule has 1 N–H and O–H groups in total. The Kier molecular flexibility index (Phi) is 7.19. The van der Waals surface area contributed by atoms with Crippen LogP contribution >= 0.6 is 0 Å². The number of hydrogen-bond acceptors (Lipinski definition) is 6. The molecule has 1 aliphatic heterocycles. The molecule has 1 aliphatic rings. The van der Waals surface area contributed by atoms with E-state index in [2.05, 4.69) is 15.3 Å². The number of benzene rings is 1. The third-order valence-electron chi connectivity index (χ3n) is 5.03. The molecular formula is C21H25F3N4O3. The standard InChI is InChI=1S/C21H25F3N4O3/c1-14-26-18(21(22,23)24)13-19(27-14)28-10-7-15(8-11-28)20(29)25-9-12-31-17-6-4-3-5-16(17)30-2/h3-6,13,15H,7-12H2,1-2H3,(H,25,29). The minimum Gasteiger partial charge on any atom is -0.493 e. The Morgan fingerprint density at radius 3 is 2.52 bits per heavy atom. The molecule has 31 heavy (non-hydrogen) atoms. The van der Waals surface area contributed by atoms with Crippen LogP contribution in [0.25, 0.3) is 0 Å². The molecule has 3 rings (SSSR count). The Labute approximate surface area is 178 Å². The number of anilines is 1. The number of carbonyl (C=O) groups is 1. The molecule has 1 saturated heterocycles. The van der Waals surface area contributed by atoms with Crippen molar-refractivity contribution in [3.05, 3.63) is 41.9 Å². The van der Waals surface area contributed by atoms with Crippen LogP contribution in [0.15, 0.2) is 30.3 Å². The summed E-state index contributed by atoms with van der Waals surface area (Å²) >= 11 is 0. The summed E-state index contributed by atoms with van der Waals surface area (Å²) in [6.07, 6.45) is -3.46. The number of nitrogens with one attached hydrogen (secondary N) is 1. The van der Waals surface area contributed by atoms with Gasteiger partial charge < -0.3 is 19.7 Å². The minimum atomic E-state index is -4.52. The smallest absolute Gasteiger partial charge is 0.433 e. The maximum Gasteiger partial charge on any atom is 0.433 e. The first-order valence-electron chi connectivity index (χ1n) is 9.99. The lowest BCUT2D eigenvalue weighted by Gasteiger charge is -2.32. The number of aromatic nitrogens is 2. The normalized spacial score (nSPS) is 14.9. The van der Waals surface area contributed by atoms with E-state index in [0.29, 0.717) is 50.6 Å². The van der Waals surface area contributed by atoms with E-state index in [1.54, 1.807) is 24.1 Å². The number of aryl methyl sites for hydroxylation is 1. The third-order valence-corrected chi connectivity index (χ3v) is 5.03. The molecule has 0 atom stereocenters. The molecule has 1 aromatic carbocycles. The molecule has 0 radical (unpaired) electrons. The Bertz CT molecular complexity index is 900. The number of nitrogens with zero attached hydrogens (tertiary/aromatic N) is 3. The lowest BCUT2D eigenvalue weighted by atomic mass is 9.96. The Morgan fingerprint density at radius 2 is 1.87 bits per heavy atom. The van der Waals surface area contributed by atoms with Crippen molar-refractivity contribution in [2.45, 2.75) is 25.9 Å². The number of amides is 1. The van der Waals surface area contributed by atoms with Crippen LogP contribution < -0.4 is 19.7 Å². The number of para-hydroxylation sites is 2. The van der Waals surface area contributed by atoms with E-state index in [1.165, 1.54) is 6.92 Å². The van der Waals surface area contributed by atoms with Gasteiger partial charge in [-0.15, -0.1) is 0 Å². The molecule has 0 saturated carbocycles. The van der Waals surface area contributed by atoms with E-state index in [1.807, 2.05) is 12.1 Å². The second-order valence-electron chi connectivity index (χ2n) is 7.21. The summed E-state index contributed by atoms with van der Waals surface area (Å²) in [5.74, 6) is 1.25. The van der Waals surface area contributed by atoms with E-state index in [4.69, 9.17) is 9.47 Å². The van der Waals surface area contributed by atoms with Gasteiger partial charge in [0.2, 0.25) is 5.91 Å². The molecule has 10 heteroatoms. The summed E-state index contributed by atoms with van der Waals surface area (Å²) in [5.41, 5.74) is -0.954. The van der Waals surface area contributed by atoms with Gasteiger partial charge in [0.1, 0.15) is 23.9 Å². The van der Waals surface area contributed by atoms with Gasteiger partial charge in [0.25, 0.3) is 0 Å². The summed E-state index contributed by atoms with van der Waals surface area (Å²) in [7, 11) is 1.56. The van der Waals surface area contributed by atoms with Crippen molar-refractivity contribution in [2.75, 3.05) is 38.3 Å². The van der Waals surface area contributed by atoms with Gasteiger partial charge >= 0.3 is 6.18 Å². The number of ether oxygens (including phenoxy) is 2. The molecule has 2 aromatic rings. The van der Waals surface area contributed by atoms with Crippen LogP contribution in [0.2, 0.25) is 0 Å². The second kappa shape index (κ2) is 9.84. The first-order chi connectivity index (χ1) is 14.8. The lowest BCUT2D eigenvalue weighted by molar-refractivity contribution is -0.141. The molecule has 7 nitrogen and oxygen atoms in total. The zero-order valence-corrected chi connectivity index (χ0v) is 17.4. The predicted octanol–water partition coefficient (Wildman–Crippen LogP) is 3.22. The van der Waals surface area contributed by atoms with Gasteiger partial charge in [-0.25, -0.2) is 9.97 Å². The van der Waals surface area contributed by atoms with Gasteiger partial charge in [-0.2, -0.15) is 13.2 Å². The maximum absolute atomic E-state index is 13.0. The number of hydrogen-bond donors (Lipinski definition) is 1. The highest BCUT2D eigenvalue weighted by Gasteiger charge is 2.34. The number of carbonyl (C=O) groups excluding carboxylic acids is 1. The molecule has 1 aromatic heterocycles. The minimum absolute atomic E-state index is 0.0692. The summed E-state index contributed by atoms with van der Waals surface area (Å²) in [4.78, 5) is 21.8. The van der Waals surface area contributed by atoms with Crippen LogP contribution in [0.5, 0.6) is 11.5 Å². The van der Waals surface area contributed by atoms with Crippen LogP contribution in [-0.2, 0) is 11.0 Å². The SMILES string of the molecule is COc1ccccc1OCCNC(=O)C1CCN(c2cc(C(F)(F)F)nc(C)n2)CC1. The van der Waals surface area contributed by atoms with Crippen molar-refractivity contribution in [3.63, 3.8) is 0 Å². The van der Waals surface area contributed by atoms with Crippen molar-refractivity contribution in [1.82, 2.24) is 15.3 Å². The monoisotopic (exact) mass is 438 g/mol. The molecule has 168 valence electrons. The van der Waals surface area contributed by atoms with Gasteiger partial charge in [-0.1, -0.05) is 12.1 Å². The summed E-state index contributed by atoms with van der Waals surface area (Å²) in [6, 6.07) is 8.21. The molecule has 0 bridgehead atoms. The molecule has 0 aliphatic carbocycles. The largest absolute Gasteiger partial charge is 0.493 e. The van der Waals surface area contributed by atoms with Gasteiger partial charge in [0.15, 0.2) is 11.5 Å². The highest BCUT2D eigenvalue weighted by atomic mass is 19.4. The van der Waals surface area contributed by atoms with Gasteiger partial charge in [0.05, 0.1) is 13.7 Å². The number of halogens is 3. The van der Waals surface area contributed by atoms with Crippen LogP contribution in [0.1, 0.15) is 24.4 Å². The van der Waals surface area contributed by atoms with Gasteiger partial charge in [0, 0.05) is 25.1 Å². The number of rotatable bonds is 7. The third kappa shape index (κ3) is 5.99. The van der Waals surface area contributed by atoms with E-state index in [-0.39, 0.29) is 23.5 Å². The summed E-state index contributed by atoms with van der Waals surface area (Å²) in [6.45, 7) is 2.97. The fourth-order valence-electron chi connectivity index (χ4n) is 3.45. The highest BCUT2D eigenvalue weighted by Crippen LogP contribution is 2.31. The number of alkyl halides is 3. The lowest BCUT2D eigenvalue weighted by Crippen LogP contribution is -2.42. The molecule has 0 spiro atoms. The maximum atomic E-state index is 13.0. The fourth-order valence-corrected chi connectivity index (χ4v) is 3.45. The molecule has 2 heterocycles. The average molecular weight is 438 g/mol. The molecular weight excluding hydrogens is 413 g/mol. The Morgan fingerprint density at radius 1 is 1.19 bits per heavy atom. The fraction of sp³-hybridized carbons (Fsp3) is 0.476.